The van der Waals surface area contributed by atoms with Gasteiger partial charge in [0, 0.05) is 16.2 Å². The van der Waals surface area contributed by atoms with Crippen molar-refractivity contribution in [3.8, 4) is 22.3 Å². The number of hydrogen-bond acceptors (Lipinski definition) is 2. The Labute approximate surface area is 327 Å². The molecule has 0 bridgehead atoms. The minimum Gasteiger partial charge on any atom is -0.244 e. The summed E-state index contributed by atoms with van der Waals surface area (Å²) >= 11 is 0. The second-order valence-electron chi connectivity index (χ2n) is 16.3. The van der Waals surface area contributed by atoms with Gasteiger partial charge in [-0.15, -0.1) is 0 Å². The highest BCUT2D eigenvalue weighted by molar-refractivity contribution is 6.23. The maximum atomic E-state index is 5.56. The van der Waals surface area contributed by atoms with E-state index in [0.29, 0.717) is 0 Å². The van der Waals surface area contributed by atoms with Crippen LogP contribution in [0.25, 0.3) is 76.6 Å². The molecule has 0 saturated heterocycles. The van der Waals surface area contributed by atoms with Crippen molar-refractivity contribution in [2.24, 2.45) is 0 Å². The third kappa shape index (κ3) is 6.48. The van der Waals surface area contributed by atoms with Crippen LogP contribution < -0.4 is 0 Å². The average molecular weight is 719 g/mol. The topological polar surface area (TPSA) is 25.8 Å². The minimum absolute atomic E-state index is 0.0585. The van der Waals surface area contributed by atoms with Gasteiger partial charge in [0.1, 0.15) is 0 Å². The number of aromatic nitrogens is 2. The van der Waals surface area contributed by atoms with Crippen LogP contribution in [0.1, 0.15) is 115 Å². The molecule has 276 valence electrons. The quantitative estimate of drug-likeness (QED) is 0.0599. The lowest BCUT2D eigenvalue weighted by Crippen LogP contribution is -2.25. The number of hydrogen-bond donors (Lipinski definition) is 0. The van der Waals surface area contributed by atoms with Crippen molar-refractivity contribution in [1.29, 1.82) is 0 Å². The Kier molecular flexibility index (Phi) is 10.1. The molecule has 1 aliphatic carbocycles. The van der Waals surface area contributed by atoms with E-state index in [1.54, 1.807) is 0 Å². The molecule has 0 atom stereocenters. The Morgan fingerprint density at radius 2 is 0.909 bits per heavy atom. The second-order valence-corrected chi connectivity index (χ2v) is 16.3. The standard InChI is InChI=1S/C53H54N2/c1-3-5-7-9-11-19-32-53(33-20-12-10-8-6-4-2)47-34-38(40-29-21-23-37-22-13-14-24-39(37)40)30-31-43(47)46-35-49-50(36-48(46)53)55-52-45-28-18-16-26-42(45)41-25-15-17-27-44(41)51(52)54-49/h13-18,21-31,34-36H,3-12,19-20,32-33H2,1-2H3. The first-order valence-corrected chi connectivity index (χ1v) is 21.4. The molecule has 0 aliphatic heterocycles. The normalized spacial score (nSPS) is 13.3. The summed E-state index contributed by atoms with van der Waals surface area (Å²) in [6, 6.07) is 45.4. The van der Waals surface area contributed by atoms with Gasteiger partial charge in [-0.2, -0.15) is 0 Å². The zero-order valence-electron chi connectivity index (χ0n) is 32.8. The molecule has 1 aromatic heterocycles. The lowest BCUT2D eigenvalue weighted by atomic mass is 9.70. The first kappa shape index (κ1) is 35.6. The highest BCUT2D eigenvalue weighted by Crippen LogP contribution is 2.56. The van der Waals surface area contributed by atoms with Crippen LogP contribution >= 0.6 is 0 Å². The van der Waals surface area contributed by atoms with E-state index in [2.05, 4.69) is 135 Å². The van der Waals surface area contributed by atoms with Gasteiger partial charge in [-0.3, -0.25) is 0 Å². The van der Waals surface area contributed by atoms with E-state index in [1.807, 2.05) is 0 Å². The SMILES string of the molecule is CCCCCCCCC1(CCCCCCCC)c2cc(-c3cccc4ccccc34)ccc2-c2cc3nc4c5ccccc5c5ccccc5c4nc3cc21. The van der Waals surface area contributed by atoms with Gasteiger partial charge in [0.2, 0.25) is 0 Å². The van der Waals surface area contributed by atoms with Crippen LogP contribution in [0.2, 0.25) is 0 Å². The van der Waals surface area contributed by atoms with Crippen LogP contribution in [0.3, 0.4) is 0 Å². The molecule has 0 unspecified atom stereocenters. The van der Waals surface area contributed by atoms with E-state index in [4.69, 9.17) is 9.97 Å². The van der Waals surface area contributed by atoms with Gasteiger partial charge in [-0.1, -0.05) is 194 Å². The lowest BCUT2D eigenvalue weighted by Gasteiger charge is -2.33. The fourth-order valence-electron chi connectivity index (χ4n) is 9.99. The monoisotopic (exact) mass is 718 g/mol. The van der Waals surface area contributed by atoms with E-state index in [-0.39, 0.29) is 5.41 Å². The Balaban J connectivity index is 1.24. The van der Waals surface area contributed by atoms with Crippen LogP contribution in [-0.4, -0.2) is 9.97 Å². The zero-order chi connectivity index (χ0) is 37.2. The average Bonchev–Trinajstić information content (AvgIpc) is 3.49. The molecule has 2 nitrogen and oxygen atoms in total. The lowest BCUT2D eigenvalue weighted by molar-refractivity contribution is 0.398. The molecule has 0 radical (unpaired) electrons. The third-order valence-electron chi connectivity index (χ3n) is 12.8. The summed E-state index contributed by atoms with van der Waals surface area (Å²) in [7, 11) is 0. The predicted molar refractivity (Wildman–Crippen MR) is 237 cm³/mol. The molecule has 0 saturated carbocycles. The first-order valence-electron chi connectivity index (χ1n) is 21.4. The van der Waals surface area contributed by atoms with Crippen LogP contribution in [0.5, 0.6) is 0 Å². The highest BCUT2D eigenvalue weighted by Gasteiger charge is 2.43. The van der Waals surface area contributed by atoms with Crippen molar-refractivity contribution in [3.05, 3.63) is 132 Å². The maximum Gasteiger partial charge on any atom is 0.0979 e. The summed E-state index contributed by atoms with van der Waals surface area (Å²) in [4.78, 5) is 11.1. The molecular weight excluding hydrogens is 665 g/mol. The molecule has 55 heavy (non-hydrogen) atoms. The predicted octanol–water partition coefficient (Wildman–Crippen LogP) is 15.7. The molecule has 0 spiro atoms. The molecule has 9 rings (SSSR count). The van der Waals surface area contributed by atoms with Crippen LogP contribution in [-0.2, 0) is 5.41 Å². The number of unbranched alkanes of at least 4 members (excludes halogenated alkanes) is 10. The maximum absolute atomic E-state index is 5.56. The summed E-state index contributed by atoms with van der Waals surface area (Å²) in [6.07, 6.45) is 18.0. The van der Waals surface area contributed by atoms with Gasteiger partial charge >= 0.3 is 0 Å². The molecule has 0 fully saturated rings. The van der Waals surface area contributed by atoms with Crippen molar-refractivity contribution < 1.29 is 0 Å². The molecule has 1 aliphatic rings. The van der Waals surface area contributed by atoms with Crippen molar-refractivity contribution >= 4 is 54.4 Å². The largest absolute Gasteiger partial charge is 0.244 e. The number of nitrogens with zero attached hydrogens (tertiary/aromatic N) is 2. The second kappa shape index (κ2) is 15.6. The zero-order valence-corrected chi connectivity index (χ0v) is 32.8. The fraction of sp³-hybridized carbons (Fsp3) is 0.321. The van der Waals surface area contributed by atoms with Crippen LogP contribution in [0, 0.1) is 0 Å². The Bertz CT molecular complexity index is 2630. The summed E-state index contributed by atoms with van der Waals surface area (Å²) in [5.74, 6) is 0. The van der Waals surface area contributed by atoms with Crippen molar-refractivity contribution in [3.63, 3.8) is 0 Å². The van der Waals surface area contributed by atoms with Crippen molar-refractivity contribution in [2.45, 2.75) is 109 Å². The number of fused-ring (bicyclic) bond motifs is 11. The smallest absolute Gasteiger partial charge is 0.0979 e. The first-order chi connectivity index (χ1) is 27.2. The molecule has 0 amide bonds. The summed E-state index contributed by atoms with van der Waals surface area (Å²) in [5, 5.41) is 7.46. The van der Waals surface area contributed by atoms with Gasteiger partial charge in [0.15, 0.2) is 0 Å². The van der Waals surface area contributed by atoms with E-state index in [1.165, 1.54) is 156 Å². The summed E-state index contributed by atoms with van der Waals surface area (Å²) < 4.78 is 0. The molecule has 7 aromatic carbocycles. The van der Waals surface area contributed by atoms with Gasteiger partial charge in [0.05, 0.1) is 22.1 Å². The van der Waals surface area contributed by atoms with E-state index in [9.17, 15) is 0 Å². The summed E-state index contributed by atoms with van der Waals surface area (Å²) in [6.45, 7) is 4.63. The van der Waals surface area contributed by atoms with Crippen LogP contribution in [0.15, 0.2) is 121 Å². The minimum atomic E-state index is -0.0585. The van der Waals surface area contributed by atoms with E-state index >= 15 is 0 Å². The van der Waals surface area contributed by atoms with E-state index < -0.39 is 0 Å². The van der Waals surface area contributed by atoms with E-state index in [0.717, 1.165) is 22.1 Å². The number of benzene rings is 7. The van der Waals surface area contributed by atoms with Gasteiger partial charge in [-0.05, 0) is 86.0 Å². The number of rotatable bonds is 15. The van der Waals surface area contributed by atoms with Crippen LogP contribution in [0.4, 0.5) is 0 Å². The summed E-state index contributed by atoms with van der Waals surface area (Å²) in [5.41, 5.74) is 12.4. The third-order valence-corrected chi connectivity index (χ3v) is 12.8. The Morgan fingerprint density at radius 3 is 1.55 bits per heavy atom. The molecule has 2 heteroatoms. The fourth-order valence-corrected chi connectivity index (χ4v) is 9.99. The molecule has 0 N–H and O–H groups in total. The van der Waals surface area contributed by atoms with Crippen molar-refractivity contribution in [2.75, 3.05) is 0 Å². The molecule has 1 heterocycles. The molecule has 8 aromatic rings. The van der Waals surface area contributed by atoms with Gasteiger partial charge in [-0.25, -0.2) is 9.97 Å². The Morgan fingerprint density at radius 1 is 0.400 bits per heavy atom. The van der Waals surface area contributed by atoms with Gasteiger partial charge in [0.25, 0.3) is 0 Å². The van der Waals surface area contributed by atoms with Crippen molar-refractivity contribution in [1.82, 2.24) is 9.97 Å². The highest BCUT2D eigenvalue weighted by atomic mass is 14.8. The van der Waals surface area contributed by atoms with Gasteiger partial charge < -0.3 is 0 Å². The Hall–Kier alpha value is -5.08. The molecular formula is C53H54N2.